The maximum Gasteiger partial charge on any atom is 0.339 e. The van der Waals surface area contributed by atoms with Crippen molar-refractivity contribution in [3.63, 3.8) is 0 Å². The van der Waals surface area contributed by atoms with Crippen molar-refractivity contribution >= 4 is 28.7 Å². The van der Waals surface area contributed by atoms with Gasteiger partial charge in [-0.2, -0.15) is 0 Å². The molecular formula is C24H27N5O5. The van der Waals surface area contributed by atoms with Gasteiger partial charge in [0, 0.05) is 44.5 Å². The van der Waals surface area contributed by atoms with Crippen molar-refractivity contribution < 1.29 is 14.3 Å². The van der Waals surface area contributed by atoms with E-state index in [1.165, 1.54) is 10.8 Å². The molecule has 0 bridgehead atoms. The number of pyridine rings is 1. The molecule has 1 aliphatic rings. The van der Waals surface area contributed by atoms with Crippen LogP contribution in [0.1, 0.15) is 41.0 Å². The molecule has 0 saturated carbocycles. The van der Waals surface area contributed by atoms with Gasteiger partial charge in [0.15, 0.2) is 0 Å². The summed E-state index contributed by atoms with van der Waals surface area (Å²) in [6.07, 6.45) is 2.26. The molecule has 3 aromatic rings. The van der Waals surface area contributed by atoms with Crippen molar-refractivity contribution in [2.45, 2.75) is 26.8 Å². The SMILES string of the molecule is CCOC(=O)c1ccc(N2CCCN(C(=O)c3ccc4c(c3)[nH]c(=O)c(=O)n4CC)CC2)nc1. The molecular weight excluding hydrogens is 438 g/mol. The summed E-state index contributed by atoms with van der Waals surface area (Å²) < 4.78 is 6.39. The Kier molecular flexibility index (Phi) is 6.76. The molecule has 1 fully saturated rings. The summed E-state index contributed by atoms with van der Waals surface area (Å²) in [6, 6.07) is 8.50. The maximum atomic E-state index is 13.2. The fourth-order valence-corrected chi connectivity index (χ4v) is 4.17. The summed E-state index contributed by atoms with van der Waals surface area (Å²) in [5, 5.41) is 0. The van der Waals surface area contributed by atoms with Gasteiger partial charge in [-0.15, -0.1) is 0 Å². The number of carbonyl (C=O) groups is 2. The highest BCUT2D eigenvalue weighted by atomic mass is 16.5. The van der Waals surface area contributed by atoms with Gasteiger partial charge in [0.05, 0.1) is 23.2 Å². The first kappa shape index (κ1) is 23.2. The van der Waals surface area contributed by atoms with E-state index in [0.717, 1.165) is 18.8 Å². The fourth-order valence-electron chi connectivity index (χ4n) is 4.17. The number of esters is 1. The van der Waals surface area contributed by atoms with Gasteiger partial charge in [-0.1, -0.05) is 0 Å². The Labute approximate surface area is 195 Å². The molecule has 0 unspecified atom stereocenters. The Morgan fingerprint density at radius 3 is 2.53 bits per heavy atom. The second-order valence-electron chi connectivity index (χ2n) is 7.99. The van der Waals surface area contributed by atoms with Crippen molar-refractivity contribution in [1.29, 1.82) is 0 Å². The Hall–Kier alpha value is -3.95. The number of H-pyrrole nitrogens is 1. The lowest BCUT2D eigenvalue weighted by Gasteiger charge is -2.23. The van der Waals surface area contributed by atoms with E-state index in [1.54, 1.807) is 49.1 Å². The molecule has 0 radical (unpaired) electrons. The Morgan fingerprint density at radius 2 is 1.82 bits per heavy atom. The molecule has 10 heteroatoms. The molecule has 10 nitrogen and oxygen atoms in total. The zero-order chi connectivity index (χ0) is 24.2. The largest absolute Gasteiger partial charge is 0.462 e. The highest BCUT2D eigenvalue weighted by Gasteiger charge is 2.22. The molecule has 34 heavy (non-hydrogen) atoms. The van der Waals surface area contributed by atoms with E-state index >= 15 is 0 Å². The van der Waals surface area contributed by atoms with Gasteiger partial charge >= 0.3 is 17.1 Å². The third-order valence-electron chi connectivity index (χ3n) is 5.90. The zero-order valence-corrected chi connectivity index (χ0v) is 19.2. The number of amides is 1. The third kappa shape index (κ3) is 4.57. The first-order chi connectivity index (χ1) is 16.4. The summed E-state index contributed by atoms with van der Waals surface area (Å²) in [5.41, 5.74) is 0.592. The standard InChI is InChI=1S/C24H27N5O5/c1-3-29-19-8-6-16(14-18(19)26-21(30)23(29)32)22(31)28-11-5-10-27(12-13-28)20-9-7-17(15-25-20)24(33)34-4-2/h6-9,14-15H,3-5,10-13H2,1-2H3,(H,26,30). The lowest BCUT2D eigenvalue weighted by molar-refractivity contribution is 0.0525. The number of nitrogens with zero attached hydrogens (tertiary/aromatic N) is 4. The summed E-state index contributed by atoms with van der Waals surface area (Å²) in [6.45, 7) is 6.63. The van der Waals surface area contributed by atoms with Gasteiger partial charge in [0.2, 0.25) is 0 Å². The summed E-state index contributed by atoms with van der Waals surface area (Å²) >= 11 is 0. The van der Waals surface area contributed by atoms with E-state index in [0.29, 0.717) is 54.9 Å². The van der Waals surface area contributed by atoms with Crippen LogP contribution in [0, 0.1) is 0 Å². The van der Waals surface area contributed by atoms with Gasteiger partial charge in [-0.3, -0.25) is 14.4 Å². The first-order valence-corrected chi connectivity index (χ1v) is 11.4. The number of benzene rings is 1. The molecule has 0 aliphatic carbocycles. The highest BCUT2D eigenvalue weighted by molar-refractivity contribution is 5.97. The molecule has 3 heterocycles. The lowest BCUT2D eigenvalue weighted by Crippen LogP contribution is -2.37. The molecule has 0 spiro atoms. The highest BCUT2D eigenvalue weighted by Crippen LogP contribution is 2.18. The van der Waals surface area contributed by atoms with Gasteiger partial charge in [-0.05, 0) is 50.6 Å². The van der Waals surface area contributed by atoms with Gasteiger partial charge in [-0.25, -0.2) is 9.78 Å². The average molecular weight is 466 g/mol. The molecule has 1 saturated heterocycles. The second-order valence-corrected chi connectivity index (χ2v) is 7.99. The molecule has 1 amide bonds. The quantitative estimate of drug-likeness (QED) is 0.450. The minimum atomic E-state index is -0.703. The van der Waals surface area contributed by atoms with Crippen LogP contribution in [-0.4, -0.2) is 64.1 Å². The zero-order valence-electron chi connectivity index (χ0n) is 19.2. The van der Waals surface area contributed by atoms with E-state index < -0.39 is 17.1 Å². The van der Waals surface area contributed by atoms with Crippen molar-refractivity contribution in [2.75, 3.05) is 37.7 Å². The topological polar surface area (TPSA) is 118 Å². The number of anilines is 1. The number of aryl methyl sites for hydroxylation is 1. The van der Waals surface area contributed by atoms with Crippen LogP contribution in [0.5, 0.6) is 0 Å². The van der Waals surface area contributed by atoms with Crippen molar-refractivity contribution in [3.05, 3.63) is 68.4 Å². The monoisotopic (exact) mass is 465 g/mol. The number of hydrogen-bond acceptors (Lipinski definition) is 7. The van der Waals surface area contributed by atoms with E-state index in [2.05, 4.69) is 14.9 Å². The van der Waals surface area contributed by atoms with Crippen LogP contribution < -0.4 is 16.0 Å². The number of ether oxygens (including phenoxy) is 1. The van der Waals surface area contributed by atoms with Gasteiger partial charge in [0.25, 0.3) is 5.91 Å². The van der Waals surface area contributed by atoms with E-state index in [1.807, 2.05) is 0 Å². The lowest BCUT2D eigenvalue weighted by atomic mass is 10.1. The Bertz CT molecular complexity index is 1330. The number of fused-ring (bicyclic) bond motifs is 1. The summed E-state index contributed by atoms with van der Waals surface area (Å²) in [7, 11) is 0. The smallest absolute Gasteiger partial charge is 0.339 e. The number of nitrogens with one attached hydrogen (secondary N) is 1. The normalized spacial score (nSPS) is 14.2. The van der Waals surface area contributed by atoms with Crippen molar-refractivity contribution in [3.8, 4) is 0 Å². The van der Waals surface area contributed by atoms with Crippen molar-refractivity contribution in [2.24, 2.45) is 0 Å². The third-order valence-corrected chi connectivity index (χ3v) is 5.90. The minimum Gasteiger partial charge on any atom is -0.462 e. The van der Waals surface area contributed by atoms with Gasteiger partial charge in [0.1, 0.15) is 5.82 Å². The van der Waals surface area contributed by atoms with Crippen LogP contribution in [0.2, 0.25) is 0 Å². The van der Waals surface area contributed by atoms with E-state index in [9.17, 15) is 19.2 Å². The molecule has 178 valence electrons. The summed E-state index contributed by atoms with van der Waals surface area (Å²) in [4.78, 5) is 59.9. The van der Waals surface area contributed by atoms with Gasteiger partial charge < -0.3 is 24.1 Å². The van der Waals surface area contributed by atoms with Crippen LogP contribution in [0.25, 0.3) is 11.0 Å². The Balaban J connectivity index is 1.49. The second kappa shape index (κ2) is 9.90. The number of aromatic amines is 1. The predicted octanol–water partition coefficient (Wildman–Crippen LogP) is 1.63. The van der Waals surface area contributed by atoms with Crippen LogP contribution >= 0.6 is 0 Å². The maximum absolute atomic E-state index is 13.2. The van der Waals surface area contributed by atoms with E-state index in [-0.39, 0.29) is 5.91 Å². The minimum absolute atomic E-state index is 0.135. The Morgan fingerprint density at radius 1 is 1.03 bits per heavy atom. The molecule has 2 aromatic heterocycles. The average Bonchev–Trinajstić information content (AvgIpc) is 3.11. The van der Waals surface area contributed by atoms with E-state index in [4.69, 9.17) is 4.74 Å². The summed E-state index contributed by atoms with van der Waals surface area (Å²) in [5.74, 6) is 0.203. The number of aromatic nitrogens is 3. The molecule has 4 rings (SSSR count). The number of hydrogen-bond donors (Lipinski definition) is 1. The number of carbonyl (C=O) groups excluding carboxylic acids is 2. The first-order valence-electron chi connectivity index (χ1n) is 11.4. The predicted molar refractivity (Wildman–Crippen MR) is 127 cm³/mol. The molecule has 1 N–H and O–H groups in total. The molecule has 1 aromatic carbocycles. The van der Waals surface area contributed by atoms with Crippen LogP contribution in [-0.2, 0) is 11.3 Å². The molecule has 0 atom stereocenters. The fraction of sp³-hybridized carbons (Fsp3) is 0.375. The van der Waals surface area contributed by atoms with Crippen LogP contribution in [0.3, 0.4) is 0 Å². The van der Waals surface area contributed by atoms with Crippen LogP contribution in [0.15, 0.2) is 46.1 Å². The van der Waals surface area contributed by atoms with Crippen molar-refractivity contribution in [1.82, 2.24) is 19.4 Å². The molecule has 1 aliphatic heterocycles. The van der Waals surface area contributed by atoms with Crippen LogP contribution in [0.4, 0.5) is 5.82 Å². The number of rotatable bonds is 5.